The van der Waals surface area contributed by atoms with Crippen LogP contribution in [0.3, 0.4) is 0 Å². The number of ether oxygens (including phenoxy) is 1. The maximum Gasteiger partial charge on any atom is 0.186 e. The number of rotatable bonds is 4. The molecule has 0 spiro atoms. The lowest BCUT2D eigenvalue weighted by atomic mass is 10.1. The first-order chi connectivity index (χ1) is 9.97. The Balaban J connectivity index is 2.41. The molecule has 21 heavy (non-hydrogen) atoms. The fourth-order valence-electron chi connectivity index (χ4n) is 1.89. The van der Waals surface area contributed by atoms with E-state index in [1.807, 2.05) is 0 Å². The number of para-hydroxylation sites is 1. The summed E-state index contributed by atoms with van der Waals surface area (Å²) in [6.45, 7) is 0. The van der Waals surface area contributed by atoms with Gasteiger partial charge in [0.2, 0.25) is 0 Å². The number of nitriles is 1. The van der Waals surface area contributed by atoms with Gasteiger partial charge in [-0.3, -0.25) is 0 Å². The molecule has 0 bridgehead atoms. The molecule has 0 N–H and O–H groups in total. The van der Waals surface area contributed by atoms with E-state index in [-0.39, 0.29) is 21.8 Å². The highest BCUT2D eigenvalue weighted by Gasteiger charge is 2.21. The molecule has 108 valence electrons. The zero-order valence-electron chi connectivity index (χ0n) is 11.2. The molecular formula is C15H12FNO3S. The number of hydrogen-bond acceptors (Lipinski definition) is 4. The average molecular weight is 305 g/mol. The van der Waals surface area contributed by atoms with Crippen LogP contribution in [0.5, 0.6) is 5.75 Å². The molecule has 0 fully saturated rings. The second kappa shape index (κ2) is 5.94. The number of hydrogen-bond donors (Lipinski definition) is 0. The molecule has 0 heterocycles. The SMILES string of the molecule is COc1ccccc1S(=O)(=O)Cc1ccc(C#N)cc1F. The number of nitrogens with zero attached hydrogens (tertiary/aromatic N) is 1. The average Bonchev–Trinajstić information content (AvgIpc) is 2.49. The summed E-state index contributed by atoms with van der Waals surface area (Å²) in [4.78, 5) is 0.0104. The maximum absolute atomic E-state index is 13.8. The fourth-order valence-corrected chi connectivity index (χ4v) is 3.43. The predicted octanol–water partition coefficient (Wildman–Crippen LogP) is 2.68. The Morgan fingerprint density at radius 1 is 1.24 bits per heavy atom. The monoisotopic (exact) mass is 305 g/mol. The van der Waals surface area contributed by atoms with E-state index in [9.17, 15) is 12.8 Å². The first-order valence-corrected chi connectivity index (χ1v) is 7.67. The Morgan fingerprint density at radius 3 is 2.57 bits per heavy atom. The third-order valence-corrected chi connectivity index (χ3v) is 4.63. The number of benzene rings is 2. The van der Waals surface area contributed by atoms with E-state index >= 15 is 0 Å². The highest BCUT2D eigenvalue weighted by Crippen LogP contribution is 2.27. The third-order valence-electron chi connectivity index (χ3n) is 2.93. The second-order valence-electron chi connectivity index (χ2n) is 4.33. The third kappa shape index (κ3) is 3.20. The molecule has 2 rings (SSSR count). The maximum atomic E-state index is 13.8. The van der Waals surface area contributed by atoms with Gasteiger partial charge in [-0.25, -0.2) is 12.8 Å². The number of methoxy groups -OCH3 is 1. The van der Waals surface area contributed by atoms with Gasteiger partial charge in [-0.1, -0.05) is 18.2 Å². The highest BCUT2D eigenvalue weighted by atomic mass is 32.2. The van der Waals surface area contributed by atoms with Crippen molar-refractivity contribution in [3.8, 4) is 11.8 Å². The minimum absolute atomic E-state index is 0.0104. The summed E-state index contributed by atoms with van der Waals surface area (Å²) in [5.74, 6) is -0.996. The van der Waals surface area contributed by atoms with Crippen molar-refractivity contribution >= 4 is 9.84 Å². The minimum atomic E-state index is -3.75. The Kier molecular flexibility index (Phi) is 4.24. The van der Waals surface area contributed by atoms with Gasteiger partial charge in [0, 0.05) is 5.56 Å². The molecule has 0 radical (unpaired) electrons. The van der Waals surface area contributed by atoms with Crippen molar-refractivity contribution in [3.63, 3.8) is 0 Å². The van der Waals surface area contributed by atoms with Crippen LogP contribution in [0.15, 0.2) is 47.4 Å². The standard InChI is InChI=1S/C15H12FNO3S/c1-20-14-4-2-3-5-15(14)21(18,19)10-12-7-6-11(9-17)8-13(12)16/h2-8H,10H2,1H3. The lowest BCUT2D eigenvalue weighted by molar-refractivity contribution is 0.402. The zero-order chi connectivity index (χ0) is 15.5. The summed E-state index contributed by atoms with van der Waals surface area (Å²) in [6.07, 6.45) is 0. The van der Waals surface area contributed by atoms with Crippen molar-refractivity contribution in [1.82, 2.24) is 0 Å². The molecule has 0 aliphatic rings. The van der Waals surface area contributed by atoms with E-state index in [2.05, 4.69) is 0 Å². The van der Waals surface area contributed by atoms with E-state index in [1.165, 1.54) is 31.4 Å². The van der Waals surface area contributed by atoms with Gasteiger partial charge in [-0.2, -0.15) is 5.26 Å². The number of halogens is 1. The molecule has 2 aromatic carbocycles. The van der Waals surface area contributed by atoms with Gasteiger partial charge in [0.15, 0.2) is 9.84 Å². The first-order valence-electron chi connectivity index (χ1n) is 6.02. The van der Waals surface area contributed by atoms with Crippen LogP contribution in [-0.4, -0.2) is 15.5 Å². The molecule has 0 aliphatic heterocycles. The summed E-state index contributed by atoms with van der Waals surface area (Å²) in [7, 11) is -2.37. The first kappa shape index (κ1) is 15.0. The quantitative estimate of drug-likeness (QED) is 0.871. The smallest absolute Gasteiger partial charge is 0.186 e. The fraction of sp³-hybridized carbons (Fsp3) is 0.133. The van der Waals surface area contributed by atoms with Crippen molar-refractivity contribution in [2.75, 3.05) is 7.11 Å². The molecule has 4 nitrogen and oxygen atoms in total. The molecular weight excluding hydrogens is 293 g/mol. The summed E-state index contributed by atoms with van der Waals surface area (Å²) in [6, 6.07) is 11.7. The van der Waals surface area contributed by atoms with Gasteiger partial charge in [0.1, 0.15) is 16.5 Å². The van der Waals surface area contributed by atoms with Crippen LogP contribution < -0.4 is 4.74 Å². The van der Waals surface area contributed by atoms with Crippen molar-refractivity contribution in [2.24, 2.45) is 0 Å². The van der Waals surface area contributed by atoms with Crippen LogP contribution in [0, 0.1) is 17.1 Å². The summed E-state index contributed by atoms with van der Waals surface area (Å²) < 4.78 is 43.6. The molecule has 0 aliphatic carbocycles. The van der Waals surface area contributed by atoms with Crippen LogP contribution >= 0.6 is 0 Å². The molecule has 0 amide bonds. The van der Waals surface area contributed by atoms with Crippen LogP contribution in [0.2, 0.25) is 0 Å². The van der Waals surface area contributed by atoms with E-state index in [0.29, 0.717) is 0 Å². The van der Waals surface area contributed by atoms with Gasteiger partial charge in [-0.15, -0.1) is 0 Å². The molecule has 0 unspecified atom stereocenters. The van der Waals surface area contributed by atoms with Gasteiger partial charge in [0.25, 0.3) is 0 Å². The van der Waals surface area contributed by atoms with Gasteiger partial charge in [0.05, 0.1) is 24.5 Å². The molecule has 0 atom stereocenters. The van der Waals surface area contributed by atoms with Gasteiger partial charge < -0.3 is 4.74 Å². The summed E-state index contributed by atoms with van der Waals surface area (Å²) in [5.41, 5.74) is 0.158. The van der Waals surface area contributed by atoms with E-state index in [4.69, 9.17) is 10.00 Å². The zero-order valence-corrected chi connectivity index (χ0v) is 12.0. The van der Waals surface area contributed by atoms with Crippen molar-refractivity contribution in [3.05, 3.63) is 59.4 Å². The Bertz CT molecular complexity index is 810. The molecule has 2 aromatic rings. The topological polar surface area (TPSA) is 67.2 Å². The predicted molar refractivity (Wildman–Crippen MR) is 75.0 cm³/mol. The van der Waals surface area contributed by atoms with E-state index in [0.717, 1.165) is 6.07 Å². The highest BCUT2D eigenvalue weighted by molar-refractivity contribution is 7.90. The molecule has 0 aromatic heterocycles. The van der Waals surface area contributed by atoms with Crippen molar-refractivity contribution < 1.29 is 17.5 Å². The van der Waals surface area contributed by atoms with E-state index < -0.39 is 21.4 Å². The lowest BCUT2D eigenvalue weighted by Crippen LogP contribution is -2.08. The van der Waals surface area contributed by atoms with Gasteiger partial charge in [-0.05, 0) is 24.3 Å². The molecule has 6 heteroatoms. The van der Waals surface area contributed by atoms with Crippen LogP contribution in [0.25, 0.3) is 0 Å². The number of sulfone groups is 1. The lowest BCUT2D eigenvalue weighted by Gasteiger charge is -2.10. The van der Waals surface area contributed by atoms with Crippen LogP contribution in [0.1, 0.15) is 11.1 Å². The Labute approximate surface area is 122 Å². The normalized spacial score (nSPS) is 10.9. The largest absolute Gasteiger partial charge is 0.495 e. The second-order valence-corrected chi connectivity index (χ2v) is 6.29. The molecule has 0 saturated carbocycles. The van der Waals surface area contributed by atoms with Crippen LogP contribution in [0.4, 0.5) is 4.39 Å². The van der Waals surface area contributed by atoms with Crippen molar-refractivity contribution in [1.29, 1.82) is 5.26 Å². The van der Waals surface area contributed by atoms with Gasteiger partial charge >= 0.3 is 0 Å². The molecule has 0 saturated heterocycles. The summed E-state index contributed by atoms with van der Waals surface area (Å²) >= 11 is 0. The van der Waals surface area contributed by atoms with Crippen molar-refractivity contribution in [2.45, 2.75) is 10.6 Å². The van der Waals surface area contributed by atoms with Crippen LogP contribution in [-0.2, 0) is 15.6 Å². The summed E-state index contributed by atoms with van der Waals surface area (Å²) in [5, 5.41) is 8.68. The minimum Gasteiger partial charge on any atom is -0.495 e. The Hall–Kier alpha value is -2.39. The van der Waals surface area contributed by atoms with E-state index in [1.54, 1.807) is 18.2 Å². The Morgan fingerprint density at radius 2 is 1.95 bits per heavy atom.